The van der Waals surface area contributed by atoms with Crippen LogP contribution in [-0.4, -0.2) is 11.0 Å². The molecule has 122 valence electrons. The Bertz CT molecular complexity index is 910. The summed E-state index contributed by atoms with van der Waals surface area (Å²) in [5, 5.41) is 7.74. The third-order valence-corrected chi connectivity index (χ3v) is 5.46. The fourth-order valence-electron chi connectivity index (χ4n) is 2.17. The number of halogens is 2. The van der Waals surface area contributed by atoms with E-state index in [1.54, 1.807) is 18.2 Å². The Morgan fingerprint density at radius 2 is 1.88 bits per heavy atom. The summed E-state index contributed by atoms with van der Waals surface area (Å²) >= 11 is 18.7. The second-order valence-corrected chi connectivity index (χ2v) is 7.28. The molecule has 0 saturated carbocycles. The number of fused-ring (bicyclic) bond motifs is 1. The molecule has 3 aromatic rings. The molecule has 0 unspecified atom stereocenters. The molecule has 3 nitrogen and oxygen atoms in total. The Morgan fingerprint density at radius 3 is 2.62 bits per heavy atom. The highest BCUT2D eigenvalue weighted by atomic mass is 35.5. The monoisotopic (exact) mass is 394 g/mol. The van der Waals surface area contributed by atoms with Crippen molar-refractivity contribution in [2.45, 2.75) is 6.54 Å². The van der Waals surface area contributed by atoms with Crippen LogP contribution in [0.2, 0.25) is 10.0 Å². The molecule has 1 aromatic heterocycles. The SMILES string of the molecule is O=C(NC(=S)NCc1ccccc1)c1sc2cc(Cl)ccc2c1Cl. The van der Waals surface area contributed by atoms with Gasteiger partial charge in [-0.25, -0.2) is 0 Å². The summed E-state index contributed by atoms with van der Waals surface area (Å²) in [4.78, 5) is 12.8. The van der Waals surface area contributed by atoms with Gasteiger partial charge in [0, 0.05) is 21.7 Å². The average Bonchev–Trinajstić information content (AvgIpc) is 2.90. The first kappa shape index (κ1) is 17.2. The molecule has 7 heteroatoms. The van der Waals surface area contributed by atoms with E-state index in [4.69, 9.17) is 35.4 Å². The predicted molar refractivity (Wildman–Crippen MR) is 105 cm³/mol. The molecule has 0 spiro atoms. The molecule has 0 bridgehead atoms. The Kier molecular flexibility index (Phi) is 5.36. The van der Waals surface area contributed by atoms with E-state index in [1.165, 1.54) is 11.3 Å². The highest BCUT2D eigenvalue weighted by Gasteiger charge is 2.18. The molecular weight excluding hydrogens is 383 g/mol. The van der Waals surface area contributed by atoms with Crippen molar-refractivity contribution in [3.63, 3.8) is 0 Å². The summed E-state index contributed by atoms with van der Waals surface area (Å²) in [5.41, 5.74) is 1.07. The van der Waals surface area contributed by atoms with Gasteiger partial charge in [0.1, 0.15) is 4.88 Å². The first-order valence-corrected chi connectivity index (χ1v) is 9.03. The van der Waals surface area contributed by atoms with E-state index in [0.29, 0.717) is 21.5 Å². The van der Waals surface area contributed by atoms with Crippen LogP contribution in [0.15, 0.2) is 48.5 Å². The molecule has 0 aliphatic carbocycles. The average molecular weight is 395 g/mol. The summed E-state index contributed by atoms with van der Waals surface area (Å²) in [5.74, 6) is -0.331. The fraction of sp³-hybridized carbons (Fsp3) is 0.0588. The van der Waals surface area contributed by atoms with E-state index in [0.717, 1.165) is 15.6 Å². The normalized spacial score (nSPS) is 10.6. The molecule has 0 radical (unpaired) electrons. The maximum absolute atomic E-state index is 12.4. The van der Waals surface area contributed by atoms with Crippen molar-refractivity contribution in [3.05, 3.63) is 69.0 Å². The number of thiophene rings is 1. The lowest BCUT2D eigenvalue weighted by molar-refractivity contribution is 0.0981. The van der Waals surface area contributed by atoms with Gasteiger partial charge in [-0.05, 0) is 29.9 Å². The quantitative estimate of drug-likeness (QED) is 0.613. The van der Waals surface area contributed by atoms with Crippen molar-refractivity contribution < 1.29 is 4.79 Å². The van der Waals surface area contributed by atoms with Crippen molar-refractivity contribution in [2.75, 3.05) is 0 Å². The number of hydrogen-bond donors (Lipinski definition) is 2. The first-order chi connectivity index (χ1) is 11.5. The fourth-order valence-corrected chi connectivity index (χ4v) is 4.02. The largest absolute Gasteiger partial charge is 0.358 e. The molecule has 2 aromatic carbocycles. The van der Waals surface area contributed by atoms with Gasteiger partial charge in [0.15, 0.2) is 5.11 Å². The van der Waals surface area contributed by atoms with Crippen molar-refractivity contribution in [2.24, 2.45) is 0 Å². The molecule has 2 N–H and O–H groups in total. The van der Waals surface area contributed by atoms with Crippen LogP contribution < -0.4 is 10.6 Å². The van der Waals surface area contributed by atoms with Crippen LogP contribution in [-0.2, 0) is 6.54 Å². The number of carbonyl (C=O) groups is 1. The highest BCUT2D eigenvalue weighted by molar-refractivity contribution is 7.80. The molecule has 0 aliphatic rings. The molecule has 3 rings (SSSR count). The lowest BCUT2D eigenvalue weighted by atomic mass is 10.2. The van der Waals surface area contributed by atoms with Gasteiger partial charge in [0.25, 0.3) is 5.91 Å². The zero-order valence-corrected chi connectivity index (χ0v) is 15.5. The molecule has 0 saturated heterocycles. The summed E-state index contributed by atoms with van der Waals surface area (Å²) in [6.45, 7) is 0.537. The number of hydrogen-bond acceptors (Lipinski definition) is 3. The number of carbonyl (C=O) groups excluding carboxylic acids is 1. The second-order valence-electron chi connectivity index (χ2n) is 5.01. The lowest BCUT2D eigenvalue weighted by Gasteiger charge is -2.09. The lowest BCUT2D eigenvalue weighted by Crippen LogP contribution is -2.38. The molecular formula is C17H12Cl2N2OS2. The van der Waals surface area contributed by atoms with Gasteiger partial charge >= 0.3 is 0 Å². The molecule has 1 heterocycles. The predicted octanol–water partition coefficient (Wildman–Crippen LogP) is 5.01. The van der Waals surface area contributed by atoms with Crippen LogP contribution in [0.1, 0.15) is 15.2 Å². The minimum absolute atomic E-state index is 0.260. The third kappa shape index (κ3) is 3.87. The van der Waals surface area contributed by atoms with E-state index in [1.807, 2.05) is 30.3 Å². The number of benzene rings is 2. The van der Waals surface area contributed by atoms with E-state index in [-0.39, 0.29) is 11.0 Å². The Hall–Kier alpha value is -1.66. The summed E-state index contributed by atoms with van der Waals surface area (Å²) in [6.07, 6.45) is 0. The smallest absolute Gasteiger partial charge is 0.269 e. The van der Waals surface area contributed by atoms with Crippen LogP contribution in [0.5, 0.6) is 0 Å². The van der Waals surface area contributed by atoms with Crippen LogP contribution in [0.25, 0.3) is 10.1 Å². The van der Waals surface area contributed by atoms with Crippen molar-refractivity contribution >= 4 is 67.9 Å². The summed E-state index contributed by atoms with van der Waals surface area (Å²) in [7, 11) is 0. The topological polar surface area (TPSA) is 41.1 Å². The molecule has 1 amide bonds. The molecule has 0 atom stereocenters. The number of amides is 1. The van der Waals surface area contributed by atoms with E-state index < -0.39 is 0 Å². The minimum atomic E-state index is -0.331. The van der Waals surface area contributed by atoms with Gasteiger partial charge < -0.3 is 5.32 Å². The molecule has 24 heavy (non-hydrogen) atoms. The Labute approximate surface area is 158 Å². The van der Waals surface area contributed by atoms with Crippen molar-refractivity contribution in [1.82, 2.24) is 10.6 Å². The Morgan fingerprint density at radius 1 is 1.12 bits per heavy atom. The standard InChI is InChI=1S/C17H12Cl2N2OS2/c18-11-6-7-12-13(8-11)24-15(14(12)19)16(22)21-17(23)20-9-10-4-2-1-3-5-10/h1-8H,9H2,(H2,20,21,22,23). The van der Waals surface area contributed by atoms with Crippen molar-refractivity contribution in [1.29, 1.82) is 0 Å². The zero-order chi connectivity index (χ0) is 17.1. The van der Waals surface area contributed by atoms with E-state index in [2.05, 4.69) is 10.6 Å². The van der Waals surface area contributed by atoms with Gasteiger partial charge in [0.2, 0.25) is 0 Å². The molecule has 0 fully saturated rings. The first-order valence-electron chi connectivity index (χ1n) is 7.05. The van der Waals surface area contributed by atoms with Crippen LogP contribution >= 0.6 is 46.8 Å². The third-order valence-electron chi connectivity index (χ3n) is 3.32. The number of nitrogens with one attached hydrogen (secondary N) is 2. The van der Waals surface area contributed by atoms with Gasteiger partial charge in [-0.15, -0.1) is 11.3 Å². The Balaban J connectivity index is 1.68. The van der Waals surface area contributed by atoms with Gasteiger partial charge in [-0.3, -0.25) is 10.1 Å². The summed E-state index contributed by atoms with van der Waals surface area (Å²) < 4.78 is 0.862. The zero-order valence-electron chi connectivity index (χ0n) is 12.3. The van der Waals surface area contributed by atoms with E-state index in [9.17, 15) is 4.79 Å². The van der Waals surface area contributed by atoms with Crippen LogP contribution in [0, 0.1) is 0 Å². The summed E-state index contributed by atoms with van der Waals surface area (Å²) in [6, 6.07) is 15.1. The highest BCUT2D eigenvalue weighted by Crippen LogP contribution is 2.36. The maximum Gasteiger partial charge on any atom is 0.269 e. The minimum Gasteiger partial charge on any atom is -0.358 e. The van der Waals surface area contributed by atoms with Crippen molar-refractivity contribution in [3.8, 4) is 0 Å². The number of thiocarbonyl (C=S) groups is 1. The van der Waals surface area contributed by atoms with E-state index >= 15 is 0 Å². The van der Waals surface area contributed by atoms with Crippen LogP contribution in [0.3, 0.4) is 0 Å². The van der Waals surface area contributed by atoms with Crippen LogP contribution in [0.4, 0.5) is 0 Å². The van der Waals surface area contributed by atoms with Gasteiger partial charge in [0.05, 0.1) is 5.02 Å². The van der Waals surface area contributed by atoms with Gasteiger partial charge in [-0.2, -0.15) is 0 Å². The maximum atomic E-state index is 12.4. The number of rotatable bonds is 3. The van der Waals surface area contributed by atoms with Gasteiger partial charge in [-0.1, -0.05) is 59.6 Å². The molecule has 0 aliphatic heterocycles. The second kappa shape index (κ2) is 7.49.